The molecule has 1 atom stereocenters. The fraction of sp³-hybridized carbons (Fsp3) is 0.176. The van der Waals surface area contributed by atoms with E-state index < -0.39 is 0 Å². The van der Waals surface area contributed by atoms with Gasteiger partial charge in [0.25, 0.3) is 0 Å². The Morgan fingerprint density at radius 1 is 1.48 bits per heavy atom. The minimum Gasteiger partial charge on any atom is -0.346 e. The number of aromatic nitrogens is 2. The molecule has 4 nitrogen and oxygen atoms in total. The summed E-state index contributed by atoms with van der Waals surface area (Å²) in [5.74, 6) is 0.354. The van der Waals surface area contributed by atoms with Crippen molar-refractivity contribution in [2.45, 2.75) is 17.4 Å². The topological polar surface area (TPSA) is 46.4 Å². The van der Waals surface area contributed by atoms with E-state index in [1.54, 1.807) is 23.9 Å². The van der Waals surface area contributed by atoms with Gasteiger partial charge in [-0.3, -0.25) is 9.20 Å². The number of thioether (sulfide) groups is 1. The first-order valence-electron chi connectivity index (χ1n) is 7.63. The SMILES string of the molecule is O=C(/C=C/c1c(Cl)nc2sccn12)NC1CCSc2ccc(F)cc21. The van der Waals surface area contributed by atoms with E-state index in [1.807, 2.05) is 16.0 Å². The summed E-state index contributed by atoms with van der Waals surface area (Å²) < 4.78 is 15.4. The Kier molecular flexibility index (Phi) is 4.54. The first-order valence-corrected chi connectivity index (χ1v) is 9.88. The Labute approximate surface area is 156 Å². The number of thiazole rings is 1. The first kappa shape index (κ1) is 16.6. The van der Waals surface area contributed by atoms with Gasteiger partial charge in [0.2, 0.25) is 5.91 Å². The molecule has 0 saturated heterocycles. The van der Waals surface area contributed by atoms with Gasteiger partial charge >= 0.3 is 0 Å². The molecular weight excluding hydrogens is 381 g/mol. The highest BCUT2D eigenvalue weighted by atomic mass is 35.5. The number of rotatable bonds is 3. The lowest BCUT2D eigenvalue weighted by Gasteiger charge is -2.25. The highest BCUT2D eigenvalue weighted by Crippen LogP contribution is 2.36. The monoisotopic (exact) mass is 393 g/mol. The van der Waals surface area contributed by atoms with Crippen molar-refractivity contribution in [3.63, 3.8) is 0 Å². The molecule has 25 heavy (non-hydrogen) atoms. The van der Waals surface area contributed by atoms with Gasteiger partial charge in [0.05, 0.1) is 11.7 Å². The average Bonchev–Trinajstić information content (AvgIpc) is 3.14. The van der Waals surface area contributed by atoms with E-state index in [0.717, 1.165) is 27.6 Å². The van der Waals surface area contributed by atoms with Crippen molar-refractivity contribution < 1.29 is 9.18 Å². The number of halogens is 2. The largest absolute Gasteiger partial charge is 0.346 e. The van der Waals surface area contributed by atoms with Gasteiger partial charge in [-0.2, -0.15) is 0 Å². The number of nitrogens with one attached hydrogen (secondary N) is 1. The van der Waals surface area contributed by atoms with Crippen LogP contribution in [0.15, 0.2) is 40.7 Å². The van der Waals surface area contributed by atoms with Crippen LogP contribution >= 0.6 is 34.7 Å². The van der Waals surface area contributed by atoms with Gasteiger partial charge in [0.1, 0.15) is 5.82 Å². The molecule has 3 aromatic rings. The van der Waals surface area contributed by atoms with E-state index in [1.165, 1.54) is 29.5 Å². The third-order valence-corrected chi connectivity index (χ3v) is 6.13. The summed E-state index contributed by atoms with van der Waals surface area (Å²) in [4.78, 5) is 18.3. The summed E-state index contributed by atoms with van der Waals surface area (Å²) in [6.45, 7) is 0. The van der Waals surface area contributed by atoms with Crippen LogP contribution in [0.2, 0.25) is 5.15 Å². The molecule has 4 rings (SSSR count). The minimum absolute atomic E-state index is 0.189. The van der Waals surface area contributed by atoms with E-state index in [0.29, 0.717) is 10.8 Å². The van der Waals surface area contributed by atoms with Crippen molar-refractivity contribution in [1.29, 1.82) is 0 Å². The van der Waals surface area contributed by atoms with Crippen molar-refractivity contribution in [2.24, 2.45) is 0 Å². The second-order valence-corrected chi connectivity index (χ2v) is 7.93. The number of imidazole rings is 1. The fourth-order valence-electron chi connectivity index (χ4n) is 2.82. The molecule has 1 N–H and O–H groups in total. The number of hydrogen-bond acceptors (Lipinski definition) is 4. The molecule has 0 spiro atoms. The van der Waals surface area contributed by atoms with E-state index in [-0.39, 0.29) is 17.8 Å². The Balaban J connectivity index is 1.53. The third-order valence-electron chi connectivity index (χ3n) is 3.97. The van der Waals surface area contributed by atoms with Crippen LogP contribution in [0.25, 0.3) is 11.0 Å². The zero-order valence-electron chi connectivity index (χ0n) is 12.9. The summed E-state index contributed by atoms with van der Waals surface area (Å²) in [6.07, 6.45) is 5.71. The number of amides is 1. The number of carbonyl (C=O) groups is 1. The van der Waals surface area contributed by atoms with E-state index >= 15 is 0 Å². The molecule has 1 aromatic carbocycles. The summed E-state index contributed by atoms with van der Waals surface area (Å²) >= 11 is 9.27. The molecule has 1 unspecified atom stereocenters. The molecule has 1 aliphatic heterocycles. The highest BCUT2D eigenvalue weighted by Gasteiger charge is 2.22. The maximum atomic E-state index is 13.5. The lowest BCUT2D eigenvalue weighted by atomic mass is 10.0. The molecule has 0 fully saturated rings. The van der Waals surface area contributed by atoms with Gasteiger partial charge < -0.3 is 5.32 Å². The van der Waals surface area contributed by atoms with Crippen molar-refractivity contribution in [3.8, 4) is 0 Å². The van der Waals surface area contributed by atoms with Gasteiger partial charge in [-0.1, -0.05) is 11.6 Å². The molecular formula is C17H13ClFN3OS2. The van der Waals surface area contributed by atoms with Crippen LogP contribution < -0.4 is 5.32 Å². The van der Waals surface area contributed by atoms with Crippen molar-refractivity contribution >= 4 is 51.6 Å². The van der Waals surface area contributed by atoms with E-state index in [2.05, 4.69) is 10.3 Å². The van der Waals surface area contributed by atoms with Crippen LogP contribution in [-0.4, -0.2) is 21.0 Å². The van der Waals surface area contributed by atoms with Crippen molar-refractivity contribution in [1.82, 2.24) is 14.7 Å². The van der Waals surface area contributed by atoms with Crippen LogP contribution in [0, 0.1) is 5.82 Å². The maximum Gasteiger partial charge on any atom is 0.244 e. The number of nitrogens with zero attached hydrogens (tertiary/aromatic N) is 2. The number of fused-ring (bicyclic) bond motifs is 2. The van der Waals surface area contributed by atoms with Crippen molar-refractivity contribution in [3.05, 3.63) is 58.1 Å². The molecule has 1 aliphatic rings. The van der Waals surface area contributed by atoms with Gasteiger partial charge in [-0.25, -0.2) is 9.37 Å². The summed E-state index contributed by atoms with van der Waals surface area (Å²) in [7, 11) is 0. The van der Waals surface area contributed by atoms with E-state index in [4.69, 9.17) is 11.6 Å². The quantitative estimate of drug-likeness (QED) is 0.664. The zero-order valence-corrected chi connectivity index (χ0v) is 15.3. The van der Waals surface area contributed by atoms with Crippen LogP contribution in [0.1, 0.15) is 23.7 Å². The summed E-state index contributed by atoms with van der Waals surface area (Å²) in [6, 6.07) is 4.52. The molecule has 128 valence electrons. The van der Waals surface area contributed by atoms with Gasteiger partial charge in [-0.15, -0.1) is 23.1 Å². The second-order valence-electron chi connectivity index (χ2n) is 5.56. The number of hydrogen-bond donors (Lipinski definition) is 1. The zero-order chi connectivity index (χ0) is 17.4. The smallest absolute Gasteiger partial charge is 0.244 e. The standard InChI is InChI=1S/C17H13ClFN3OS2/c18-16-13(22-6-8-25-17(22)21-16)2-4-15(23)20-12-5-7-24-14-3-1-10(19)9-11(12)14/h1-4,6,8-9,12H,5,7H2,(H,20,23)/b4-2+. The normalized spacial score (nSPS) is 17.1. The molecule has 0 bridgehead atoms. The van der Waals surface area contributed by atoms with Crippen LogP contribution in [-0.2, 0) is 4.79 Å². The lowest BCUT2D eigenvalue weighted by molar-refractivity contribution is -0.117. The minimum atomic E-state index is -0.290. The highest BCUT2D eigenvalue weighted by molar-refractivity contribution is 7.99. The molecule has 0 saturated carbocycles. The maximum absolute atomic E-state index is 13.5. The lowest BCUT2D eigenvalue weighted by Crippen LogP contribution is -2.29. The Morgan fingerprint density at radius 2 is 2.36 bits per heavy atom. The molecule has 8 heteroatoms. The Bertz CT molecular complexity index is 982. The fourth-order valence-corrected chi connectivity index (χ4v) is 4.93. The Hall–Kier alpha value is -1.83. The van der Waals surface area contributed by atoms with Gasteiger partial charge in [-0.05, 0) is 36.3 Å². The van der Waals surface area contributed by atoms with Crippen LogP contribution in [0.3, 0.4) is 0 Å². The van der Waals surface area contributed by atoms with Crippen molar-refractivity contribution in [2.75, 3.05) is 5.75 Å². The van der Waals surface area contributed by atoms with Gasteiger partial charge in [0, 0.05) is 28.3 Å². The third kappa shape index (κ3) is 3.31. The first-order chi connectivity index (χ1) is 12.1. The number of carbonyl (C=O) groups excluding carboxylic acids is 1. The molecule has 0 aliphatic carbocycles. The number of benzene rings is 1. The predicted molar refractivity (Wildman–Crippen MR) is 99.7 cm³/mol. The molecule has 1 amide bonds. The van der Waals surface area contributed by atoms with Gasteiger partial charge in [0.15, 0.2) is 10.1 Å². The van der Waals surface area contributed by atoms with Crippen LogP contribution in [0.5, 0.6) is 0 Å². The molecule has 2 aromatic heterocycles. The second kappa shape index (κ2) is 6.82. The van der Waals surface area contributed by atoms with Crippen LogP contribution in [0.4, 0.5) is 4.39 Å². The summed E-state index contributed by atoms with van der Waals surface area (Å²) in [5.41, 5.74) is 1.50. The average molecular weight is 394 g/mol. The predicted octanol–water partition coefficient (Wildman–Crippen LogP) is 4.55. The Morgan fingerprint density at radius 3 is 3.24 bits per heavy atom. The van der Waals surface area contributed by atoms with E-state index in [9.17, 15) is 9.18 Å². The summed E-state index contributed by atoms with van der Waals surface area (Å²) in [5, 5.41) is 5.21. The molecule has 0 radical (unpaired) electrons. The molecule has 3 heterocycles.